The monoisotopic (exact) mass is 310 g/mol. The summed E-state index contributed by atoms with van der Waals surface area (Å²) in [5.41, 5.74) is 1.03. The van der Waals surface area contributed by atoms with Gasteiger partial charge in [0.2, 0.25) is 0 Å². The average Bonchev–Trinajstić information content (AvgIpc) is 2.40. The number of hydrogen-bond donors (Lipinski definition) is 1. The van der Waals surface area contributed by atoms with Gasteiger partial charge in [-0.1, -0.05) is 28.1 Å². The summed E-state index contributed by atoms with van der Waals surface area (Å²) in [4.78, 5) is 13.5. The zero-order valence-electron chi connectivity index (χ0n) is 9.93. The Hall–Kier alpha value is -1.33. The second kappa shape index (κ2) is 6.56. The van der Waals surface area contributed by atoms with Crippen molar-refractivity contribution in [3.63, 3.8) is 0 Å². The molecule has 1 fully saturated rings. The van der Waals surface area contributed by atoms with Gasteiger partial charge in [-0.05, 0) is 23.8 Å². The Morgan fingerprint density at radius 3 is 2.89 bits per heavy atom. The van der Waals surface area contributed by atoms with Gasteiger partial charge in [0.1, 0.15) is 0 Å². The number of urea groups is 1. The zero-order valence-corrected chi connectivity index (χ0v) is 11.5. The summed E-state index contributed by atoms with van der Waals surface area (Å²) in [5.74, 6) is 0. The molecule has 5 heteroatoms. The van der Waals surface area contributed by atoms with Crippen molar-refractivity contribution >= 4 is 28.0 Å². The minimum absolute atomic E-state index is 0.0791. The van der Waals surface area contributed by atoms with Crippen molar-refractivity contribution in [3.05, 3.63) is 40.5 Å². The number of carbonyl (C=O) groups is 1. The maximum absolute atomic E-state index is 11.8. The molecule has 0 bridgehead atoms. The van der Waals surface area contributed by atoms with Crippen molar-refractivity contribution in [1.82, 2.24) is 10.2 Å². The number of hydrogen-bond acceptors (Lipinski definition) is 2. The molecule has 1 aliphatic heterocycles. The topological polar surface area (TPSA) is 41.6 Å². The van der Waals surface area contributed by atoms with Crippen LogP contribution in [0.25, 0.3) is 6.08 Å². The molecule has 1 heterocycles. The van der Waals surface area contributed by atoms with Crippen LogP contribution in [0.3, 0.4) is 0 Å². The second-order valence-electron chi connectivity index (χ2n) is 3.94. The van der Waals surface area contributed by atoms with E-state index in [9.17, 15) is 4.79 Å². The van der Waals surface area contributed by atoms with Gasteiger partial charge >= 0.3 is 6.03 Å². The molecule has 0 atom stereocenters. The Kier molecular flexibility index (Phi) is 4.78. The highest BCUT2D eigenvalue weighted by Gasteiger charge is 2.14. The van der Waals surface area contributed by atoms with Gasteiger partial charge < -0.3 is 15.0 Å². The van der Waals surface area contributed by atoms with Crippen LogP contribution < -0.4 is 5.32 Å². The molecule has 1 aliphatic rings. The lowest BCUT2D eigenvalue weighted by atomic mass is 10.2. The number of ether oxygens (including phenoxy) is 1. The molecule has 18 heavy (non-hydrogen) atoms. The number of morpholine rings is 1. The van der Waals surface area contributed by atoms with Crippen LogP contribution in [0.2, 0.25) is 0 Å². The molecule has 1 N–H and O–H groups in total. The first-order chi connectivity index (χ1) is 8.75. The van der Waals surface area contributed by atoms with Crippen molar-refractivity contribution in [2.24, 2.45) is 0 Å². The first-order valence-corrected chi connectivity index (χ1v) is 6.60. The quantitative estimate of drug-likeness (QED) is 0.911. The Morgan fingerprint density at radius 1 is 1.39 bits per heavy atom. The van der Waals surface area contributed by atoms with Crippen LogP contribution in [-0.4, -0.2) is 37.2 Å². The van der Waals surface area contributed by atoms with E-state index in [1.54, 1.807) is 11.1 Å². The summed E-state index contributed by atoms with van der Waals surface area (Å²) in [5, 5.41) is 2.76. The molecule has 0 unspecified atom stereocenters. The van der Waals surface area contributed by atoms with Crippen molar-refractivity contribution in [2.75, 3.05) is 26.3 Å². The van der Waals surface area contributed by atoms with E-state index in [-0.39, 0.29) is 6.03 Å². The lowest BCUT2D eigenvalue weighted by molar-refractivity contribution is 0.0540. The maximum Gasteiger partial charge on any atom is 0.321 e. The highest BCUT2D eigenvalue weighted by Crippen LogP contribution is 2.12. The van der Waals surface area contributed by atoms with Crippen LogP contribution in [0, 0.1) is 0 Å². The SMILES string of the molecule is O=C(N/C=C/c1cccc(Br)c1)N1CCOCC1. The maximum atomic E-state index is 11.8. The molecule has 0 radical (unpaired) electrons. The van der Waals surface area contributed by atoms with Crippen LogP contribution in [0.4, 0.5) is 4.79 Å². The molecule has 1 aromatic carbocycles. The summed E-state index contributed by atoms with van der Waals surface area (Å²) in [6.45, 7) is 2.53. The third kappa shape index (κ3) is 3.85. The van der Waals surface area contributed by atoms with Crippen LogP contribution in [0.1, 0.15) is 5.56 Å². The molecule has 0 aliphatic carbocycles. The molecule has 0 aromatic heterocycles. The van der Waals surface area contributed by atoms with Crippen molar-refractivity contribution < 1.29 is 9.53 Å². The standard InChI is InChI=1S/C13H15BrN2O2/c14-12-3-1-2-11(10-12)4-5-15-13(17)16-6-8-18-9-7-16/h1-5,10H,6-9H2,(H,15,17)/b5-4+. The minimum Gasteiger partial charge on any atom is -0.378 e. The Morgan fingerprint density at radius 2 is 2.17 bits per heavy atom. The summed E-state index contributed by atoms with van der Waals surface area (Å²) >= 11 is 3.40. The number of carbonyl (C=O) groups excluding carboxylic acids is 1. The van der Waals surface area contributed by atoms with Gasteiger partial charge in [-0.15, -0.1) is 0 Å². The predicted octanol–water partition coefficient (Wildman–Crippen LogP) is 2.46. The molecule has 2 rings (SSSR count). The molecule has 2 amide bonds. The highest BCUT2D eigenvalue weighted by molar-refractivity contribution is 9.10. The number of amides is 2. The lowest BCUT2D eigenvalue weighted by Crippen LogP contribution is -2.44. The summed E-state index contributed by atoms with van der Waals surface area (Å²) in [7, 11) is 0. The van der Waals surface area contributed by atoms with E-state index in [4.69, 9.17) is 4.74 Å². The van der Waals surface area contributed by atoms with Crippen LogP contribution >= 0.6 is 15.9 Å². The van der Waals surface area contributed by atoms with E-state index in [0.29, 0.717) is 26.3 Å². The average molecular weight is 311 g/mol. The van der Waals surface area contributed by atoms with Gasteiger partial charge in [-0.2, -0.15) is 0 Å². The Bertz CT molecular complexity index is 442. The van der Waals surface area contributed by atoms with Gasteiger partial charge in [0, 0.05) is 23.8 Å². The third-order valence-corrected chi connectivity index (χ3v) is 3.12. The molecule has 1 aromatic rings. The summed E-state index contributed by atoms with van der Waals surface area (Å²) < 4.78 is 6.21. The van der Waals surface area contributed by atoms with E-state index in [2.05, 4.69) is 21.2 Å². The number of halogens is 1. The Balaban J connectivity index is 1.85. The highest BCUT2D eigenvalue weighted by atomic mass is 79.9. The minimum atomic E-state index is -0.0791. The van der Waals surface area contributed by atoms with Gasteiger partial charge in [0.05, 0.1) is 13.2 Å². The zero-order chi connectivity index (χ0) is 12.8. The van der Waals surface area contributed by atoms with E-state index in [0.717, 1.165) is 10.0 Å². The number of benzene rings is 1. The lowest BCUT2D eigenvalue weighted by Gasteiger charge is -2.26. The van der Waals surface area contributed by atoms with Crippen LogP contribution in [0.15, 0.2) is 34.9 Å². The Labute approximate surface area is 115 Å². The van der Waals surface area contributed by atoms with Gasteiger partial charge in [0.15, 0.2) is 0 Å². The molecular weight excluding hydrogens is 296 g/mol. The largest absolute Gasteiger partial charge is 0.378 e. The van der Waals surface area contributed by atoms with Gasteiger partial charge in [0.25, 0.3) is 0 Å². The smallest absolute Gasteiger partial charge is 0.321 e. The van der Waals surface area contributed by atoms with Crippen LogP contribution in [0.5, 0.6) is 0 Å². The van der Waals surface area contributed by atoms with Gasteiger partial charge in [-0.3, -0.25) is 0 Å². The molecule has 0 saturated carbocycles. The van der Waals surface area contributed by atoms with Crippen LogP contribution in [-0.2, 0) is 4.74 Å². The fraction of sp³-hybridized carbons (Fsp3) is 0.308. The molecule has 0 spiro atoms. The fourth-order valence-corrected chi connectivity index (χ4v) is 2.09. The third-order valence-electron chi connectivity index (χ3n) is 2.63. The van der Waals surface area contributed by atoms with E-state index < -0.39 is 0 Å². The molecule has 4 nitrogen and oxygen atoms in total. The van der Waals surface area contributed by atoms with E-state index in [1.807, 2.05) is 30.3 Å². The first kappa shape index (κ1) is 13.1. The van der Waals surface area contributed by atoms with Gasteiger partial charge in [-0.25, -0.2) is 4.79 Å². The summed E-state index contributed by atoms with van der Waals surface area (Å²) in [6.07, 6.45) is 3.53. The fourth-order valence-electron chi connectivity index (χ4n) is 1.68. The van der Waals surface area contributed by atoms with Crippen molar-refractivity contribution in [1.29, 1.82) is 0 Å². The molecular formula is C13H15BrN2O2. The normalized spacial score (nSPS) is 15.9. The second-order valence-corrected chi connectivity index (χ2v) is 4.85. The first-order valence-electron chi connectivity index (χ1n) is 5.81. The molecule has 96 valence electrons. The summed E-state index contributed by atoms with van der Waals surface area (Å²) in [6, 6.07) is 7.79. The number of rotatable bonds is 2. The van der Waals surface area contributed by atoms with Crippen molar-refractivity contribution in [3.8, 4) is 0 Å². The number of nitrogens with zero attached hydrogens (tertiary/aromatic N) is 1. The molecule has 1 saturated heterocycles. The van der Waals surface area contributed by atoms with E-state index in [1.165, 1.54) is 0 Å². The van der Waals surface area contributed by atoms with Crippen molar-refractivity contribution in [2.45, 2.75) is 0 Å². The number of nitrogens with one attached hydrogen (secondary N) is 1. The van der Waals surface area contributed by atoms with E-state index >= 15 is 0 Å². The predicted molar refractivity (Wildman–Crippen MR) is 74.1 cm³/mol.